The highest BCUT2D eigenvalue weighted by atomic mass is 32.1. The molecule has 2 aromatic rings. The van der Waals surface area contributed by atoms with Crippen LogP contribution in [0.25, 0.3) is 0 Å². The van der Waals surface area contributed by atoms with Crippen molar-refractivity contribution < 1.29 is 4.92 Å². The number of thiophene rings is 1. The Morgan fingerprint density at radius 2 is 1.95 bits per heavy atom. The fraction of sp³-hybridized carbons (Fsp3) is 0.333. The van der Waals surface area contributed by atoms with Gasteiger partial charge in [0, 0.05) is 27.9 Å². The van der Waals surface area contributed by atoms with Crippen LogP contribution in [0.15, 0.2) is 36.4 Å². The highest BCUT2D eigenvalue weighted by Crippen LogP contribution is 2.22. The molecule has 1 aromatic heterocycles. The molecule has 2 rings (SSSR count). The molecule has 0 fully saturated rings. The largest absolute Gasteiger partial charge is 0.309 e. The molecule has 1 N–H and O–H groups in total. The highest BCUT2D eigenvalue weighted by Gasteiger charge is 2.07. The number of hydrogen-bond acceptors (Lipinski definition) is 4. The molecule has 5 heteroatoms. The number of rotatable bonds is 6. The van der Waals surface area contributed by atoms with Crippen LogP contribution < -0.4 is 5.32 Å². The summed E-state index contributed by atoms with van der Waals surface area (Å²) in [6.07, 6.45) is 0.868. The maximum atomic E-state index is 10.6. The van der Waals surface area contributed by atoms with Crippen molar-refractivity contribution >= 4 is 17.0 Å². The predicted octanol–water partition coefficient (Wildman–Crippen LogP) is 3.86. The Labute approximate surface area is 122 Å². The monoisotopic (exact) mass is 290 g/mol. The summed E-state index contributed by atoms with van der Waals surface area (Å²) in [4.78, 5) is 12.9. The lowest BCUT2D eigenvalue weighted by Gasteiger charge is -2.11. The molecule has 0 spiro atoms. The van der Waals surface area contributed by atoms with Gasteiger partial charge in [-0.05, 0) is 44.5 Å². The molecule has 0 aliphatic carbocycles. The van der Waals surface area contributed by atoms with Crippen molar-refractivity contribution in [1.29, 1.82) is 0 Å². The minimum Gasteiger partial charge on any atom is -0.309 e. The number of nitrogens with zero attached hydrogens (tertiary/aromatic N) is 1. The van der Waals surface area contributed by atoms with E-state index in [1.807, 2.05) is 23.5 Å². The zero-order valence-electron chi connectivity index (χ0n) is 11.6. The highest BCUT2D eigenvalue weighted by molar-refractivity contribution is 7.12. The van der Waals surface area contributed by atoms with Crippen LogP contribution in [0.3, 0.4) is 0 Å². The summed E-state index contributed by atoms with van der Waals surface area (Å²) in [6, 6.07) is 11.4. The second-order valence-electron chi connectivity index (χ2n) is 4.80. The molecule has 20 heavy (non-hydrogen) atoms. The molecule has 0 aliphatic heterocycles. The van der Waals surface area contributed by atoms with E-state index in [1.54, 1.807) is 12.1 Å². The maximum absolute atomic E-state index is 10.6. The third-order valence-electron chi connectivity index (χ3n) is 3.20. The first kappa shape index (κ1) is 14.7. The van der Waals surface area contributed by atoms with Gasteiger partial charge in [0.05, 0.1) is 4.92 Å². The van der Waals surface area contributed by atoms with Gasteiger partial charge in [-0.15, -0.1) is 11.3 Å². The zero-order chi connectivity index (χ0) is 14.5. The summed E-state index contributed by atoms with van der Waals surface area (Å²) in [7, 11) is 0. The Kier molecular flexibility index (Phi) is 4.87. The first-order valence-corrected chi connectivity index (χ1v) is 7.41. The van der Waals surface area contributed by atoms with Gasteiger partial charge in [0.15, 0.2) is 0 Å². The lowest BCUT2D eigenvalue weighted by atomic mass is 10.1. The van der Waals surface area contributed by atoms with Gasteiger partial charge in [0.25, 0.3) is 5.69 Å². The van der Waals surface area contributed by atoms with Gasteiger partial charge in [0.2, 0.25) is 0 Å². The molecule has 0 saturated carbocycles. The Hall–Kier alpha value is -1.72. The summed E-state index contributed by atoms with van der Waals surface area (Å²) in [5.41, 5.74) is 1.25. The third kappa shape index (κ3) is 3.88. The minimum atomic E-state index is -0.372. The fourth-order valence-corrected chi connectivity index (χ4v) is 2.91. The SMILES string of the molecule is Cc1ccc(C(C)NCCc2ccc([N+](=O)[O-])cc2)s1. The summed E-state index contributed by atoms with van der Waals surface area (Å²) in [6.45, 7) is 5.12. The second-order valence-corrected chi connectivity index (χ2v) is 6.12. The van der Waals surface area contributed by atoms with Crippen molar-refractivity contribution in [3.63, 3.8) is 0 Å². The molecule has 0 amide bonds. The molecule has 1 unspecified atom stereocenters. The van der Waals surface area contributed by atoms with Gasteiger partial charge in [-0.25, -0.2) is 0 Å². The topological polar surface area (TPSA) is 55.2 Å². The van der Waals surface area contributed by atoms with Gasteiger partial charge >= 0.3 is 0 Å². The van der Waals surface area contributed by atoms with E-state index in [4.69, 9.17) is 0 Å². The van der Waals surface area contributed by atoms with Gasteiger partial charge in [-0.2, -0.15) is 0 Å². The molecule has 4 nitrogen and oxygen atoms in total. The molecule has 1 aromatic carbocycles. The molecule has 0 radical (unpaired) electrons. The average molecular weight is 290 g/mol. The molecule has 0 saturated heterocycles. The van der Waals surface area contributed by atoms with E-state index in [0.717, 1.165) is 18.5 Å². The number of non-ortho nitro benzene ring substituents is 1. The summed E-state index contributed by atoms with van der Waals surface area (Å²) in [5.74, 6) is 0. The molecule has 1 heterocycles. The Balaban J connectivity index is 1.82. The molecule has 0 aliphatic rings. The van der Waals surface area contributed by atoms with Gasteiger partial charge in [0.1, 0.15) is 0 Å². The molecule has 1 atom stereocenters. The van der Waals surface area contributed by atoms with Crippen molar-refractivity contribution in [2.24, 2.45) is 0 Å². The van der Waals surface area contributed by atoms with Crippen LogP contribution in [0, 0.1) is 17.0 Å². The van der Waals surface area contributed by atoms with E-state index < -0.39 is 0 Å². The number of aryl methyl sites for hydroxylation is 1. The van der Waals surface area contributed by atoms with Gasteiger partial charge in [-0.1, -0.05) is 12.1 Å². The first-order valence-electron chi connectivity index (χ1n) is 6.59. The standard InChI is InChI=1S/C15H18N2O2S/c1-11-3-8-15(20-11)12(2)16-10-9-13-4-6-14(7-5-13)17(18)19/h3-8,12,16H,9-10H2,1-2H3. The smallest absolute Gasteiger partial charge is 0.269 e. The van der Waals surface area contributed by atoms with Crippen molar-refractivity contribution in [2.75, 3.05) is 6.54 Å². The van der Waals surface area contributed by atoms with E-state index in [2.05, 4.69) is 31.3 Å². The predicted molar refractivity (Wildman–Crippen MR) is 82.3 cm³/mol. The summed E-state index contributed by atoms with van der Waals surface area (Å²) in [5, 5.41) is 14.0. The van der Waals surface area contributed by atoms with Crippen molar-refractivity contribution in [1.82, 2.24) is 5.32 Å². The van der Waals surface area contributed by atoms with Crippen molar-refractivity contribution in [3.8, 4) is 0 Å². The average Bonchev–Trinajstić information content (AvgIpc) is 2.86. The van der Waals surface area contributed by atoms with Crippen LogP contribution in [0.1, 0.15) is 28.3 Å². The fourth-order valence-electron chi connectivity index (χ4n) is 2.00. The van der Waals surface area contributed by atoms with E-state index >= 15 is 0 Å². The second kappa shape index (κ2) is 6.63. The lowest BCUT2D eigenvalue weighted by Crippen LogP contribution is -2.20. The normalized spacial score (nSPS) is 12.3. The minimum absolute atomic E-state index is 0.143. The van der Waals surface area contributed by atoms with Crippen molar-refractivity contribution in [3.05, 3.63) is 61.8 Å². The molecule has 106 valence electrons. The van der Waals surface area contributed by atoms with Crippen LogP contribution in [-0.4, -0.2) is 11.5 Å². The summed E-state index contributed by atoms with van der Waals surface area (Å²) < 4.78 is 0. The van der Waals surface area contributed by atoms with Gasteiger partial charge < -0.3 is 5.32 Å². The first-order chi connectivity index (χ1) is 9.56. The number of nitrogens with one attached hydrogen (secondary N) is 1. The maximum Gasteiger partial charge on any atom is 0.269 e. The van der Waals surface area contributed by atoms with Gasteiger partial charge in [-0.3, -0.25) is 10.1 Å². The van der Waals surface area contributed by atoms with Crippen molar-refractivity contribution in [2.45, 2.75) is 26.3 Å². The van der Waals surface area contributed by atoms with Crippen LogP contribution in [-0.2, 0) is 6.42 Å². The van der Waals surface area contributed by atoms with E-state index in [9.17, 15) is 10.1 Å². The quantitative estimate of drug-likeness (QED) is 0.649. The third-order valence-corrected chi connectivity index (χ3v) is 4.38. The van der Waals surface area contributed by atoms with Crippen LogP contribution in [0.2, 0.25) is 0 Å². The van der Waals surface area contributed by atoms with E-state index in [1.165, 1.54) is 9.75 Å². The Morgan fingerprint density at radius 3 is 2.50 bits per heavy atom. The molecule has 0 bridgehead atoms. The number of nitro benzene ring substituents is 1. The molecular weight excluding hydrogens is 272 g/mol. The zero-order valence-corrected chi connectivity index (χ0v) is 12.4. The van der Waals surface area contributed by atoms with E-state index in [0.29, 0.717) is 6.04 Å². The van der Waals surface area contributed by atoms with Crippen LogP contribution in [0.5, 0.6) is 0 Å². The Bertz CT molecular complexity index is 578. The Morgan fingerprint density at radius 1 is 1.25 bits per heavy atom. The summed E-state index contributed by atoms with van der Waals surface area (Å²) >= 11 is 1.81. The van der Waals surface area contributed by atoms with E-state index in [-0.39, 0.29) is 10.6 Å². The lowest BCUT2D eigenvalue weighted by molar-refractivity contribution is -0.384. The number of benzene rings is 1. The number of hydrogen-bond donors (Lipinski definition) is 1. The number of nitro groups is 1. The van der Waals surface area contributed by atoms with Crippen LogP contribution >= 0.6 is 11.3 Å². The van der Waals surface area contributed by atoms with Crippen LogP contribution in [0.4, 0.5) is 5.69 Å². The molecular formula is C15H18N2O2S.